The van der Waals surface area contributed by atoms with Gasteiger partial charge in [-0.05, 0) is 42.9 Å². The lowest BCUT2D eigenvalue weighted by atomic mass is 9.71. The molecule has 2 saturated carbocycles. The lowest BCUT2D eigenvalue weighted by molar-refractivity contribution is -0.150. The lowest BCUT2D eigenvalue weighted by Crippen LogP contribution is -2.27. The molecule has 0 aromatic heterocycles. The monoisotopic (exact) mass is 210 g/mol. The van der Waals surface area contributed by atoms with Crippen LogP contribution < -0.4 is 0 Å². The third-order valence-corrected chi connectivity index (χ3v) is 5.24. The van der Waals surface area contributed by atoms with Crippen LogP contribution in [0.5, 0.6) is 0 Å². The second-order valence-corrected chi connectivity index (χ2v) is 5.99. The van der Waals surface area contributed by atoms with Crippen LogP contribution in [-0.4, -0.2) is 12.6 Å². The van der Waals surface area contributed by atoms with Crippen molar-refractivity contribution in [2.24, 2.45) is 22.7 Å². The van der Waals surface area contributed by atoms with Crippen molar-refractivity contribution in [1.29, 1.82) is 0 Å². The Morgan fingerprint density at radius 3 is 2.47 bits per heavy atom. The van der Waals surface area contributed by atoms with Crippen molar-refractivity contribution < 1.29 is 9.53 Å². The van der Waals surface area contributed by atoms with E-state index in [1.54, 1.807) is 0 Å². The van der Waals surface area contributed by atoms with Crippen LogP contribution in [0.3, 0.4) is 0 Å². The van der Waals surface area contributed by atoms with Crippen LogP contribution in [0.1, 0.15) is 47.0 Å². The molecule has 0 spiro atoms. The van der Waals surface area contributed by atoms with Crippen molar-refractivity contribution in [3.05, 3.63) is 0 Å². The van der Waals surface area contributed by atoms with Gasteiger partial charge >= 0.3 is 5.97 Å². The predicted octanol–water partition coefficient (Wildman–Crippen LogP) is 3.01. The molecule has 0 aromatic rings. The number of hydrogen-bond donors (Lipinski definition) is 0. The highest BCUT2D eigenvalue weighted by molar-refractivity contribution is 5.74. The summed E-state index contributed by atoms with van der Waals surface area (Å²) in [5.74, 6) is 0.749. The second kappa shape index (κ2) is 3.23. The number of carbonyl (C=O) groups is 1. The molecule has 2 nitrogen and oxygen atoms in total. The van der Waals surface area contributed by atoms with Gasteiger partial charge in [-0.15, -0.1) is 0 Å². The molecule has 0 saturated heterocycles. The number of fused-ring (bicyclic) bond motifs is 2. The van der Waals surface area contributed by atoms with Crippen LogP contribution in [0.15, 0.2) is 0 Å². The van der Waals surface area contributed by atoms with Crippen LogP contribution in [0, 0.1) is 22.7 Å². The molecule has 2 heteroatoms. The van der Waals surface area contributed by atoms with Gasteiger partial charge in [0.15, 0.2) is 0 Å². The summed E-state index contributed by atoms with van der Waals surface area (Å²) in [7, 11) is 0. The summed E-state index contributed by atoms with van der Waals surface area (Å²) >= 11 is 0. The third kappa shape index (κ3) is 1.33. The molecule has 86 valence electrons. The Morgan fingerprint density at radius 1 is 1.40 bits per heavy atom. The summed E-state index contributed by atoms with van der Waals surface area (Å²) in [6.45, 7) is 9.39. The van der Waals surface area contributed by atoms with E-state index in [4.69, 9.17) is 4.74 Å². The Hall–Kier alpha value is -0.530. The molecular formula is C13H22O2. The maximum Gasteiger partial charge on any atom is 0.309 e. The van der Waals surface area contributed by atoms with Crippen molar-refractivity contribution in [2.75, 3.05) is 6.61 Å². The number of ether oxygens (including phenoxy) is 1. The van der Waals surface area contributed by atoms with E-state index in [1.807, 2.05) is 6.92 Å². The lowest BCUT2D eigenvalue weighted by Gasteiger charge is -2.34. The van der Waals surface area contributed by atoms with E-state index in [0.717, 1.165) is 6.42 Å². The molecule has 0 heterocycles. The molecule has 2 rings (SSSR count). The fourth-order valence-electron chi connectivity index (χ4n) is 3.80. The fraction of sp³-hybridized carbons (Fsp3) is 0.923. The van der Waals surface area contributed by atoms with Gasteiger partial charge in [0.1, 0.15) is 0 Å². The van der Waals surface area contributed by atoms with Crippen molar-refractivity contribution in [2.45, 2.75) is 47.0 Å². The van der Waals surface area contributed by atoms with Crippen LogP contribution in [0.4, 0.5) is 0 Å². The molecule has 2 bridgehead atoms. The van der Waals surface area contributed by atoms with Crippen LogP contribution in [0.2, 0.25) is 0 Å². The molecule has 0 aliphatic heterocycles. The zero-order valence-electron chi connectivity index (χ0n) is 10.3. The average Bonchev–Trinajstić information content (AvgIpc) is 2.49. The minimum absolute atomic E-state index is 0.0407. The second-order valence-electron chi connectivity index (χ2n) is 5.99. The van der Waals surface area contributed by atoms with Crippen LogP contribution in [-0.2, 0) is 9.53 Å². The largest absolute Gasteiger partial charge is 0.466 e. The predicted molar refractivity (Wildman–Crippen MR) is 59.4 cm³/mol. The normalized spacial score (nSPS) is 41.9. The van der Waals surface area contributed by atoms with E-state index in [2.05, 4.69) is 20.8 Å². The molecule has 0 aromatic carbocycles. The van der Waals surface area contributed by atoms with Crippen LogP contribution >= 0.6 is 0 Å². The molecule has 2 aliphatic rings. The zero-order chi connectivity index (χ0) is 11.3. The average molecular weight is 210 g/mol. The molecule has 2 aliphatic carbocycles. The Kier molecular flexibility index (Phi) is 2.36. The van der Waals surface area contributed by atoms with Gasteiger partial charge in [-0.3, -0.25) is 4.79 Å². The molecular weight excluding hydrogens is 188 g/mol. The minimum atomic E-state index is 0.0407. The highest BCUT2D eigenvalue weighted by atomic mass is 16.5. The van der Waals surface area contributed by atoms with E-state index in [9.17, 15) is 4.79 Å². The minimum Gasteiger partial charge on any atom is -0.466 e. The Morgan fingerprint density at radius 2 is 2.07 bits per heavy atom. The first-order valence-electron chi connectivity index (χ1n) is 6.09. The van der Waals surface area contributed by atoms with Gasteiger partial charge in [0.05, 0.1) is 12.5 Å². The van der Waals surface area contributed by atoms with Gasteiger partial charge in [-0.1, -0.05) is 20.8 Å². The first kappa shape index (κ1) is 11.0. The molecule has 15 heavy (non-hydrogen) atoms. The maximum atomic E-state index is 11.8. The highest BCUT2D eigenvalue weighted by Crippen LogP contribution is 2.67. The van der Waals surface area contributed by atoms with Crippen molar-refractivity contribution in [3.8, 4) is 0 Å². The third-order valence-electron chi connectivity index (χ3n) is 5.24. The van der Waals surface area contributed by atoms with Gasteiger partial charge in [-0.25, -0.2) is 0 Å². The smallest absolute Gasteiger partial charge is 0.309 e. The van der Waals surface area contributed by atoms with E-state index < -0.39 is 0 Å². The Labute approximate surface area is 92.4 Å². The van der Waals surface area contributed by atoms with Crippen molar-refractivity contribution in [3.63, 3.8) is 0 Å². The zero-order valence-corrected chi connectivity index (χ0v) is 10.3. The SMILES string of the molecule is CCOC(=O)[C@@H]1C[C@@]2(C)CC[C@@H]1C2(C)C. The Balaban J connectivity index is 2.18. The molecule has 0 N–H and O–H groups in total. The maximum absolute atomic E-state index is 11.8. The molecule has 0 radical (unpaired) electrons. The summed E-state index contributed by atoms with van der Waals surface area (Å²) < 4.78 is 5.18. The molecule has 3 atom stereocenters. The van der Waals surface area contributed by atoms with Crippen molar-refractivity contribution >= 4 is 5.97 Å². The number of esters is 1. The summed E-state index contributed by atoms with van der Waals surface area (Å²) in [4.78, 5) is 11.8. The standard InChI is InChI=1S/C13H22O2/c1-5-15-11(14)9-8-13(4)7-6-10(9)12(13,2)3/h9-10H,5-8H2,1-4H3/t9-,10+,13-/m1/s1. The van der Waals surface area contributed by atoms with Gasteiger partial charge in [-0.2, -0.15) is 0 Å². The molecule has 0 unspecified atom stereocenters. The molecule has 2 fully saturated rings. The first-order chi connectivity index (χ1) is 6.92. The Bertz CT molecular complexity index is 280. The quantitative estimate of drug-likeness (QED) is 0.655. The van der Waals surface area contributed by atoms with Crippen molar-refractivity contribution in [1.82, 2.24) is 0 Å². The van der Waals surface area contributed by atoms with Gasteiger partial charge in [0.25, 0.3) is 0 Å². The van der Waals surface area contributed by atoms with Gasteiger partial charge in [0, 0.05) is 0 Å². The van der Waals surface area contributed by atoms with E-state index >= 15 is 0 Å². The highest BCUT2D eigenvalue weighted by Gasteiger charge is 2.62. The fourth-order valence-corrected chi connectivity index (χ4v) is 3.80. The van der Waals surface area contributed by atoms with E-state index in [1.165, 1.54) is 12.8 Å². The summed E-state index contributed by atoms with van der Waals surface area (Å²) in [5, 5.41) is 0. The molecule has 0 amide bonds. The van der Waals surface area contributed by atoms with Gasteiger partial charge in [0.2, 0.25) is 0 Å². The van der Waals surface area contributed by atoms with E-state index in [0.29, 0.717) is 23.4 Å². The number of rotatable bonds is 2. The van der Waals surface area contributed by atoms with Gasteiger partial charge < -0.3 is 4.74 Å². The van der Waals surface area contributed by atoms with E-state index in [-0.39, 0.29) is 11.9 Å². The number of carbonyl (C=O) groups excluding carboxylic acids is 1. The summed E-state index contributed by atoms with van der Waals surface area (Å²) in [5.41, 5.74) is 0.666. The number of hydrogen-bond acceptors (Lipinski definition) is 2. The van der Waals surface area contributed by atoms with Crippen LogP contribution in [0.25, 0.3) is 0 Å². The summed E-state index contributed by atoms with van der Waals surface area (Å²) in [6, 6.07) is 0. The topological polar surface area (TPSA) is 26.3 Å². The first-order valence-corrected chi connectivity index (χ1v) is 6.09. The summed E-state index contributed by atoms with van der Waals surface area (Å²) in [6.07, 6.45) is 3.51.